The predicted molar refractivity (Wildman–Crippen MR) is 60.2 cm³/mol. The molecule has 1 aromatic rings. The van der Waals surface area contributed by atoms with Gasteiger partial charge in [-0.25, -0.2) is 9.59 Å². The first-order chi connectivity index (χ1) is 8.61. The Morgan fingerprint density at radius 2 is 2.44 bits per heavy atom. The molecule has 1 fully saturated rings. The van der Waals surface area contributed by atoms with E-state index in [0.29, 0.717) is 18.7 Å². The molecule has 0 radical (unpaired) electrons. The molecule has 7 heteroatoms. The summed E-state index contributed by atoms with van der Waals surface area (Å²) in [5, 5.41) is 11.6. The van der Waals surface area contributed by atoms with Crippen LogP contribution in [0.4, 0.5) is 15.3 Å². The Labute approximate surface area is 102 Å². The third-order valence-electron chi connectivity index (χ3n) is 3.34. The van der Waals surface area contributed by atoms with Crippen LogP contribution in [0.5, 0.6) is 0 Å². The van der Waals surface area contributed by atoms with Crippen molar-refractivity contribution in [3.05, 3.63) is 24.0 Å². The van der Waals surface area contributed by atoms with E-state index in [1.807, 2.05) is 0 Å². The minimum absolute atomic E-state index is 0.159. The summed E-state index contributed by atoms with van der Waals surface area (Å²) >= 11 is 0. The Balaban J connectivity index is 2.03. The molecule has 0 aliphatic carbocycles. The van der Waals surface area contributed by atoms with Gasteiger partial charge in [-0.1, -0.05) is 0 Å². The van der Waals surface area contributed by atoms with Gasteiger partial charge in [-0.05, 0) is 6.07 Å². The van der Waals surface area contributed by atoms with E-state index in [2.05, 4.69) is 10.3 Å². The number of pyridine rings is 1. The van der Waals surface area contributed by atoms with Gasteiger partial charge in [0.15, 0.2) is 5.60 Å². The summed E-state index contributed by atoms with van der Waals surface area (Å²) in [6, 6.07) is 1.75. The number of carbonyl (C=O) groups is 2. The van der Waals surface area contributed by atoms with E-state index < -0.39 is 17.8 Å². The summed E-state index contributed by atoms with van der Waals surface area (Å²) < 4.78 is 5.36. The lowest BCUT2D eigenvalue weighted by molar-refractivity contribution is 0.0193. The highest BCUT2D eigenvalue weighted by molar-refractivity contribution is 5.88. The van der Waals surface area contributed by atoms with Crippen molar-refractivity contribution in [1.82, 2.24) is 9.88 Å². The minimum atomic E-state index is -1.00. The number of anilines is 1. The number of fused-ring (bicyclic) bond motifs is 2. The zero-order valence-corrected chi connectivity index (χ0v) is 9.42. The first-order valence-electron chi connectivity index (χ1n) is 5.53. The number of nitrogens with one attached hydrogen (secondary N) is 1. The predicted octanol–water partition coefficient (Wildman–Crippen LogP) is 1.22. The fourth-order valence-corrected chi connectivity index (χ4v) is 2.51. The SMILES string of the molecule is O=C1Nc2cnccc2C2(CCN(C(=O)O)C2)O1. The van der Waals surface area contributed by atoms with E-state index in [1.54, 1.807) is 18.5 Å². The number of carboxylic acid groups (broad SMARTS) is 1. The smallest absolute Gasteiger partial charge is 0.412 e. The number of hydrogen-bond donors (Lipinski definition) is 2. The monoisotopic (exact) mass is 249 g/mol. The summed E-state index contributed by atoms with van der Waals surface area (Å²) in [5.74, 6) is 0. The third kappa shape index (κ3) is 1.47. The van der Waals surface area contributed by atoms with Gasteiger partial charge in [-0.15, -0.1) is 0 Å². The van der Waals surface area contributed by atoms with Gasteiger partial charge < -0.3 is 14.7 Å². The van der Waals surface area contributed by atoms with E-state index in [9.17, 15) is 9.59 Å². The fraction of sp³-hybridized carbons (Fsp3) is 0.364. The van der Waals surface area contributed by atoms with Gasteiger partial charge in [0.05, 0.1) is 18.4 Å². The van der Waals surface area contributed by atoms with Crippen molar-refractivity contribution in [3.63, 3.8) is 0 Å². The van der Waals surface area contributed by atoms with E-state index in [4.69, 9.17) is 9.84 Å². The minimum Gasteiger partial charge on any atom is -0.465 e. The molecule has 1 saturated heterocycles. The number of ether oxygens (including phenoxy) is 1. The van der Waals surface area contributed by atoms with Crippen LogP contribution in [0, 0.1) is 0 Å². The molecule has 3 rings (SSSR count). The lowest BCUT2D eigenvalue weighted by atomic mass is 9.91. The average molecular weight is 249 g/mol. The molecule has 3 heterocycles. The van der Waals surface area contributed by atoms with Crippen molar-refractivity contribution in [2.45, 2.75) is 12.0 Å². The molecule has 2 N–H and O–H groups in total. The molecule has 2 aliphatic heterocycles. The van der Waals surface area contributed by atoms with Gasteiger partial charge in [0.2, 0.25) is 0 Å². The van der Waals surface area contributed by atoms with Gasteiger partial charge in [0.25, 0.3) is 0 Å². The van der Waals surface area contributed by atoms with Crippen LogP contribution in [0.1, 0.15) is 12.0 Å². The third-order valence-corrected chi connectivity index (χ3v) is 3.34. The Bertz CT molecular complexity index is 533. The maximum absolute atomic E-state index is 11.5. The second kappa shape index (κ2) is 3.59. The number of nitrogens with zero attached hydrogens (tertiary/aromatic N) is 2. The molecule has 94 valence electrons. The highest BCUT2D eigenvalue weighted by atomic mass is 16.6. The summed E-state index contributed by atoms with van der Waals surface area (Å²) in [6.45, 7) is 0.511. The molecule has 2 aliphatic rings. The number of aromatic nitrogens is 1. The standard InChI is InChI=1S/C11H11N3O4/c15-9-13-8-5-12-3-1-7(8)11(18-9)2-4-14(6-11)10(16)17/h1,3,5H,2,4,6H2,(H,13,15)(H,16,17). The summed E-state index contributed by atoms with van der Waals surface area (Å²) in [6.07, 6.45) is 2.04. The maximum atomic E-state index is 11.5. The van der Waals surface area contributed by atoms with E-state index in [1.165, 1.54) is 4.90 Å². The zero-order chi connectivity index (χ0) is 12.8. The van der Waals surface area contributed by atoms with Crippen LogP contribution in [0.25, 0.3) is 0 Å². The van der Waals surface area contributed by atoms with Crippen LogP contribution < -0.4 is 5.32 Å². The first-order valence-corrected chi connectivity index (χ1v) is 5.53. The van der Waals surface area contributed by atoms with Crippen molar-refractivity contribution >= 4 is 17.9 Å². The molecule has 18 heavy (non-hydrogen) atoms. The molecule has 2 amide bonds. The first kappa shape index (κ1) is 10.8. The van der Waals surface area contributed by atoms with Crippen molar-refractivity contribution in [3.8, 4) is 0 Å². The summed E-state index contributed by atoms with van der Waals surface area (Å²) in [5.41, 5.74) is 0.487. The maximum Gasteiger partial charge on any atom is 0.412 e. The van der Waals surface area contributed by atoms with Crippen LogP contribution >= 0.6 is 0 Å². The highest BCUT2D eigenvalue weighted by Gasteiger charge is 2.48. The lowest BCUT2D eigenvalue weighted by Gasteiger charge is -2.34. The lowest BCUT2D eigenvalue weighted by Crippen LogP contribution is -2.42. The Morgan fingerprint density at radius 3 is 3.17 bits per heavy atom. The molecular weight excluding hydrogens is 238 g/mol. The zero-order valence-electron chi connectivity index (χ0n) is 9.42. The van der Waals surface area contributed by atoms with E-state index in [0.717, 1.165) is 5.56 Å². The Kier molecular flexibility index (Phi) is 2.16. The number of hydrogen-bond acceptors (Lipinski definition) is 4. The van der Waals surface area contributed by atoms with Gasteiger partial charge in [0, 0.05) is 24.7 Å². The Hall–Kier alpha value is -2.31. The molecule has 1 aromatic heterocycles. The van der Waals surface area contributed by atoms with Crippen molar-refractivity contribution in [1.29, 1.82) is 0 Å². The number of likely N-dealkylation sites (tertiary alicyclic amines) is 1. The second-order valence-corrected chi connectivity index (χ2v) is 4.38. The topological polar surface area (TPSA) is 91.8 Å². The molecule has 0 saturated carbocycles. The van der Waals surface area contributed by atoms with E-state index in [-0.39, 0.29) is 6.54 Å². The normalized spacial score (nSPS) is 25.6. The van der Waals surface area contributed by atoms with Gasteiger partial charge in [-0.2, -0.15) is 0 Å². The fourth-order valence-electron chi connectivity index (χ4n) is 2.51. The Morgan fingerprint density at radius 1 is 1.61 bits per heavy atom. The highest BCUT2D eigenvalue weighted by Crippen LogP contribution is 2.42. The average Bonchev–Trinajstić information content (AvgIpc) is 2.74. The van der Waals surface area contributed by atoms with Crippen molar-refractivity contribution < 1.29 is 19.4 Å². The molecule has 1 unspecified atom stereocenters. The van der Waals surface area contributed by atoms with Crippen LogP contribution in [-0.4, -0.2) is 40.3 Å². The van der Waals surface area contributed by atoms with Crippen LogP contribution in [-0.2, 0) is 10.3 Å². The van der Waals surface area contributed by atoms with Gasteiger partial charge >= 0.3 is 12.2 Å². The second-order valence-electron chi connectivity index (χ2n) is 4.38. The molecule has 0 bridgehead atoms. The number of rotatable bonds is 0. The van der Waals surface area contributed by atoms with Crippen molar-refractivity contribution in [2.75, 3.05) is 18.4 Å². The summed E-state index contributed by atoms with van der Waals surface area (Å²) in [4.78, 5) is 27.7. The quantitative estimate of drug-likeness (QED) is 0.721. The molecular formula is C11H11N3O4. The van der Waals surface area contributed by atoms with Gasteiger partial charge in [0.1, 0.15) is 0 Å². The number of amides is 2. The van der Waals surface area contributed by atoms with Crippen LogP contribution in [0.3, 0.4) is 0 Å². The van der Waals surface area contributed by atoms with Crippen LogP contribution in [0.2, 0.25) is 0 Å². The molecule has 1 spiro atoms. The largest absolute Gasteiger partial charge is 0.465 e. The molecule has 0 aromatic carbocycles. The van der Waals surface area contributed by atoms with Crippen LogP contribution in [0.15, 0.2) is 18.5 Å². The molecule has 7 nitrogen and oxygen atoms in total. The number of carbonyl (C=O) groups excluding carboxylic acids is 1. The van der Waals surface area contributed by atoms with Crippen molar-refractivity contribution in [2.24, 2.45) is 0 Å². The summed E-state index contributed by atoms with van der Waals surface area (Å²) in [7, 11) is 0. The molecule has 1 atom stereocenters. The van der Waals surface area contributed by atoms with Gasteiger partial charge in [-0.3, -0.25) is 10.3 Å². The van der Waals surface area contributed by atoms with E-state index >= 15 is 0 Å².